The molecule has 1 aromatic carbocycles. The average Bonchev–Trinajstić information content (AvgIpc) is 2.34. The molecule has 1 aromatic rings. The van der Waals surface area contributed by atoms with E-state index in [9.17, 15) is 9.59 Å². The lowest BCUT2D eigenvalue weighted by atomic mass is 10.1. The van der Waals surface area contributed by atoms with E-state index in [1.165, 1.54) is 14.2 Å². The monoisotopic (exact) mass is 255 g/mol. The van der Waals surface area contributed by atoms with Gasteiger partial charge in [0, 0.05) is 30.5 Å². The van der Waals surface area contributed by atoms with Gasteiger partial charge in [-0.25, -0.2) is 5.06 Å². The molecule has 0 aliphatic carbocycles. The highest BCUT2D eigenvalue weighted by molar-refractivity contribution is 6.31. The minimum absolute atomic E-state index is 0.106. The van der Waals surface area contributed by atoms with Crippen LogP contribution in [0.25, 0.3) is 0 Å². The second kappa shape index (κ2) is 6.37. The molecule has 0 spiro atoms. The van der Waals surface area contributed by atoms with Crippen LogP contribution in [0.15, 0.2) is 24.3 Å². The molecule has 0 aromatic heterocycles. The van der Waals surface area contributed by atoms with Gasteiger partial charge in [0.05, 0.1) is 7.11 Å². The van der Waals surface area contributed by atoms with Gasteiger partial charge in [-0.15, -0.1) is 0 Å². The lowest BCUT2D eigenvalue weighted by molar-refractivity contribution is -0.168. The maximum atomic E-state index is 11.7. The molecule has 0 N–H and O–H groups in total. The van der Waals surface area contributed by atoms with Crippen molar-refractivity contribution in [3.8, 4) is 0 Å². The van der Waals surface area contributed by atoms with Gasteiger partial charge >= 0.3 is 0 Å². The quantitative estimate of drug-likeness (QED) is 0.599. The number of hydrogen-bond donors (Lipinski definition) is 0. The zero-order valence-electron chi connectivity index (χ0n) is 9.77. The van der Waals surface area contributed by atoms with E-state index in [0.717, 1.165) is 5.06 Å². The summed E-state index contributed by atoms with van der Waals surface area (Å²) in [6, 6.07) is 6.67. The smallest absolute Gasteiger partial charge is 0.246 e. The number of hydrogen-bond acceptors (Lipinski definition) is 3. The minimum atomic E-state index is -0.233. The molecule has 0 heterocycles. The predicted molar refractivity (Wildman–Crippen MR) is 64.8 cm³/mol. The molecule has 0 saturated carbocycles. The summed E-state index contributed by atoms with van der Waals surface area (Å²) in [5.41, 5.74) is 0.519. The van der Waals surface area contributed by atoms with Crippen molar-refractivity contribution in [2.24, 2.45) is 0 Å². The number of halogens is 1. The summed E-state index contributed by atoms with van der Waals surface area (Å²) >= 11 is 5.78. The normalized spacial score (nSPS) is 10.1. The first-order valence-electron chi connectivity index (χ1n) is 5.14. The molecular formula is C12H14ClNO3. The summed E-state index contributed by atoms with van der Waals surface area (Å²) in [4.78, 5) is 27.9. The standard InChI is InChI=1S/C12H14ClNO3/c1-14(17-2)12(16)7-6-11(15)9-4-3-5-10(13)8-9/h3-5,8H,6-7H2,1-2H3. The van der Waals surface area contributed by atoms with E-state index in [1.807, 2.05) is 0 Å². The van der Waals surface area contributed by atoms with Crippen molar-refractivity contribution in [1.29, 1.82) is 0 Å². The van der Waals surface area contributed by atoms with Gasteiger partial charge in [-0.05, 0) is 12.1 Å². The van der Waals surface area contributed by atoms with Crippen LogP contribution in [-0.4, -0.2) is 30.9 Å². The fourth-order valence-electron chi connectivity index (χ4n) is 1.29. The average molecular weight is 256 g/mol. The number of carbonyl (C=O) groups excluding carboxylic acids is 2. The van der Waals surface area contributed by atoms with Crippen molar-refractivity contribution in [3.05, 3.63) is 34.9 Å². The third-order valence-electron chi connectivity index (χ3n) is 2.34. The fourth-order valence-corrected chi connectivity index (χ4v) is 1.48. The number of benzene rings is 1. The summed E-state index contributed by atoms with van der Waals surface area (Å²) in [5.74, 6) is -0.340. The van der Waals surface area contributed by atoms with E-state index < -0.39 is 0 Å². The number of rotatable bonds is 5. The largest absolute Gasteiger partial charge is 0.294 e. The Bertz CT molecular complexity index is 420. The third-order valence-corrected chi connectivity index (χ3v) is 2.57. The van der Waals surface area contributed by atoms with Crippen LogP contribution < -0.4 is 0 Å². The second-order valence-electron chi connectivity index (χ2n) is 3.51. The van der Waals surface area contributed by atoms with Gasteiger partial charge in [-0.3, -0.25) is 14.4 Å². The van der Waals surface area contributed by atoms with Crippen molar-refractivity contribution in [2.45, 2.75) is 12.8 Å². The Balaban J connectivity index is 2.53. The Morgan fingerprint density at radius 2 is 2.06 bits per heavy atom. The molecule has 0 saturated heterocycles. The molecule has 0 aliphatic rings. The molecule has 4 nitrogen and oxygen atoms in total. The first-order valence-corrected chi connectivity index (χ1v) is 5.52. The molecular weight excluding hydrogens is 242 g/mol. The van der Waals surface area contributed by atoms with E-state index >= 15 is 0 Å². The topological polar surface area (TPSA) is 46.6 Å². The Hall–Kier alpha value is -1.39. The van der Waals surface area contributed by atoms with Crippen LogP contribution in [0.3, 0.4) is 0 Å². The van der Waals surface area contributed by atoms with Gasteiger partial charge in [0.1, 0.15) is 0 Å². The number of nitrogens with zero attached hydrogens (tertiary/aromatic N) is 1. The minimum Gasteiger partial charge on any atom is -0.294 e. The second-order valence-corrected chi connectivity index (χ2v) is 3.94. The summed E-state index contributed by atoms with van der Waals surface area (Å²) < 4.78 is 0. The van der Waals surface area contributed by atoms with Gasteiger partial charge in [0.2, 0.25) is 5.91 Å². The van der Waals surface area contributed by atoms with E-state index in [-0.39, 0.29) is 24.5 Å². The summed E-state index contributed by atoms with van der Waals surface area (Å²) in [5, 5.41) is 1.61. The molecule has 0 radical (unpaired) electrons. The Kier molecular flexibility index (Phi) is 5.12. The van der Waals surface area contributed by atoms with Crippen molar-refractivity contribution in [2.75, 3.05) is 14.2 Å². The number of hydroxylamine groups is 2. The number of ketones is 1. The van der Waals surface area contributed by atoms with Crippen LogP contribution in [0.4, 0.5) is 0 Å². The van der Waals surface area contributed by atoms with Crippen molar-refractivity contribution in [3.63, 3.8) is 0 Å². The Morgan fingerprint density at radius 3 is 2.65 bits per heavy atom. The van der Waals surface area contributed by atoms with Gasteiger partial charge in [0.25, 0.3) is 0 Å². The van der Waals surface area contributed by atoms with E-state index in [1.54, 1.807) is 24.3 Å². The molecule has 5 heteroatoms. The molecule has 0 aliphatic heterocycles. The first-order chi connectivity index (χ1) is 8.04. The van der Waals surface area contributed by atoms with Crippen LogP contribution in [0, 0.1) is 0 Å². The van der Waals surface area contributed by atoms with Crippen molar-refractivity contribution in [1.82, 2.24) is 5.06 Å². The summed E-state index contributed by atoms with van der Waals surface area (Å²) in [7, 11) is 2.91. The molecule has 0 unspecified atom stereocenters. The summed E-state index contributed by atoms with van der Waals surface area (Å²) in [6.07, 6.45) is 0.266. The van der Waals surface area contributed by atoms with Crippen molar-refractivity contribution >= 4 is 23.3 Å². The zero-order valence-corrected chi connectivity index (χ0v) is 10.5. The molecule has 1 amide bonds. The van der Waals surface area contributed by atoms with Gasteiger partial charge in [-0.1, -0.05) is 23.7 Å². The van der Waals surface area contributed by atoms with Gasteiger partial charge < -0.3 is 0 Å². The third kappa shape index (κ3) is 4.17. The SMILES string of the molecule is CON(C)C(=O)CCC(=O)c1cccc(Cl)c1. The van der Waals surface area contributed by atoms with Crippen LogP contribution in [0.5, 0.6) is 0 Å². The van der Waals surface area contributed by atoms with Crippen LogP contribution in [0.1, 0.15) is 23.2 Å². The molecule has 0 atom stereocenters. The highest BCUT2D eigenvalue weighted by Gasteiger charge is 2.12. The fraction of sp³-hybridized carbons (Fsp3) is 0.333. The predicted octanol–water partition coefficient (Wildman–Crippen LogP) is 2.32. The number of Topliss-reactive ketones (excluding diaryl/α,β-unsaturated/α-hetero) is 1. The lowest BCUT2D eigenvalue weighted by Gasteiger charge is -2.12. The lowest BCUT2D eigenvalue weighted by Crippen LogP contribution is -2.25. The van der Waals surface area contributed by atoms with Crippen LogP contribution in [0.2, 0.25) is 5.02 Å². The molecule has 92 valence electrons. The van der Waals surface area contributed by atoms with Crippen molar-refractivity contribution < 1.29 is 14.4 Å². The van der Waals surface area contributed by atoms with Gasteiger partial charge in [0.15, 0.2) is 5.78 Å². The molecule has 0 fully saturated rings. The molecule has 1 rings (SSSR count). The Morgan fingerprint density at radius 1 is 1.35 bits per heavy atom. The molecule has 17 heavy (non-hydrogen) atoms. The molecule has 0 bridgehead atoms. The Labute approximate surface area is 105 Å². The van der Waals surface area contributed by atoms with Gasteiger partial charge in [-0.2, -0.15) is 0 Å². The van der Waals surface area contributed by atoms with E-state index in [4.69, 9.17) is 16.4 Å². The summed E-state index contributed by atoms with van der Waals surface area (Å²) in [6.45, 7) is 0. The van der Waals surface area contributed by atoms with Crippen LogP contribution in [-0.2, 0) is 9.63 Å². The van der Waals surface area contributed by atoms with E-state index in [2.05, 4.69) is 0 Å². The van der Waals surface area contributed by atoms with E-state index in [0.29, 0.717) is 10.6 Å². The highest BCUT2D eigenvalue weighted by Crippen LogP contribution is 2.13. The number of amides is 1. The maximum absolute atomic E-state index is 11.7. The first kappa shape index (κ1) is 13.7. The maximum Gasteiger partial charge on any atom is 0.246 e. The highest BCUT2D eigenvalue weighted by atomic mass is 35.5. The van der Waals surface area contributed by atoms with Crippen LogP contribution >= 0.6 is 11.6 Å². The zero-order chi connectivity index (χ0) is 12.8. The number of carbonyl (C=O) groups is 2.